The van der Waals surface area contributed by atoms with Crippen LogP contribution in [0.15, 0.2) is 24.3 Å². The zero-order valence-electron chi connectivity index (χ0n) is 11.9. The average Bonchev–Trinajstić information content (AvgIpc) is 2.73. The molecule has 102 valence electrons. The van der Waals surface area contributed by atoms with Gasteiger partial charge in [-0.2, -0.15) is 0 Å². The van der Waals surface area contributed by atoms with Gasteiger partial charge in [0.25, 0.3) is 0 Å². The summed E-state index contributed by atoms with van der Waals surface area (Å²) < 4.78 is 1.91. The number of hydrogen-bond donors (Lipinski definition) is 1. The zero-order valence-corrected chi connectivity index (χ0v) is 11.9. The second kappa shape index (κ2) is 5.87. The van der Waals surface area contributed by atoms with Gasteiger partial charge in [-0.3, -0.25) is 0 Å². The summed E-state index contributed by atoms with van der Waals surface area (Å²) in [6, 6.07) is 8.67. The molecule has 0 aliphatic rings. The van der Waals surface area contributed by atoms with Crippen molar-refractivity contribution in [1.29, 1.82) is 0 Å². The van der Waals surface area contributed by atoms with Crippen molar-refractivity contribution in [1.82, 2.24) is 15.0 Å². The monoisotopic (exact) mass is 258 g/mol. The Balaban J connectivity index is 2.16. The fourth-order valence-corrected chi connectivity index (χ4v) is 2.15. The van der Waals surface area contributed by atoms with E-state index in [9.17, 15) is 0 Å². The first-order valence-electron chi connectivity index (χ1n) is 6.88. The van der Waals surface area contributed by atoms with E-state index >= 15 is 0 Å². The number of nitrogens with zero attached hydrogens (tertiary/aromatic N) is 3. The fourth-order valence-electron chi connectivity index (χ4n) is 2.15. The lowest BCUT2D eigenvalue weighted by Gasteiger charge is -2.08. The summed E-state index contributed by atoms with van der Waals surface area (Å²) in [5.74, 6) is 1.12. The normalized spacial score (nSPS) is 11.2. The van der Waals surface area contributed by atoms with Gasteiger partial charge in [-0.1, -0.05) is 56.7 Å². The van der Waals surface area contributed by atoms with E-state index in [2.05, 4.69) is 55.3 Å². The molecule has 0 saturated carbocycles. The molecule has 2 aromatic rings. The van der Waals surface area contributed by atoms with Crippen LogP contribution < -0.4 is 5.73 Å². The minimum absolute atomic E-state index is 0.556. The van der Waals surface area contributed by atoms with Gasteiger partial charge in [0.2, 0.25) is 0 Å². The Kier molecular flexibility index (Phi) is 4.20. The second-order valence-electron chi connectivity index (χ2n) is 5.23. The third-order valence-corrected chi connectivity index (χ3v) is 3.33. The van der Waals surface area contributed by atoms with Gasteiger partial charge in [0.05, 0.1) is 12.2 Å². The smallest absolute Gasteiger partial charge is 0.169 e. The molecule has 0 unspecified atom stereocenters. The Labute approximate surface area is 114 Å². The van der Waals surface area contributed by atoms with Crippen molar-refractivity contribution in [3.63, 3.8) is 0 Å². The third-order valence-electron chi connectivity index (χ3n) is 3.33. The average molecular weight is 258 g/mol. The summed E-state index contributed by atoms with van der Waals surface area (Å²) in [4.78, 5) is 0. The highest BCUT2D eigenvalue weighted by molar-refractivity contribution is 5.34. The van der Waals surface area contributed by atoms with Gasteiger partial charge < -0.3 is 5.73 Å². The van der Waals surface area contributed by atoms with E-state index in [1.165, 1.54) is 11.1 Å². The summed E-state index contributed by atoms with van der Waals surface area (Å²) in [6.07, 6.45) is 1.97. The lowest BCUT2D eigenvalue weighted by atomic mass is 10.0. The molecule has 1 aromatic carbocycles. The van der Waals surface area contributed by atoms with E-state index < -0.39 is 0 Å². The van der Waals surface area contributed by atoms with Crippen LogP contribution in [0.2, 0.25) is 0 Å². The van der Waals surface area contributed by atoms with E-state index in [1.807, 2.05) is 4.68 Å². The standard InChI is InChI=1S/C15H22N4/c1-4-5-14-15(16)17-18-19(14)10-12-6-8-13(9-7-12)11(2)3/h6-9,11H,4-5,10,16H2,1-3H3. The Hall–Kier alpha value is -1.84. The lowest BCUT2D eigenvalue weighted by Crippen LogP contribution is -2.07. The largest absolute Gasteiger partial charge is 0.381 e. The summed E-state index contributed by atoms with van der Waals surface area (Å²) in [5, 5.41) is 8.10. The van der Waals surface area contributed by atoms with Crippen LogP contribution in [-0.2, 0) is 13.0 Å². The minimum atomic E-state index is 0.556. The molecule has 1 aromatic heterocycles. The topological polar surface area (TPSA) is 56.7 Å². The first-order chi connectivity index (χ1) is 9.11. The highest BCUT2D eigenvalue weighted by Gasteiger charge is 2.09. The quantitative estimate of drug-likeness (QED) is 0.897. The Morgan fingerprint density at radius 2 is 1.89 bits per heavy atom. The molecule has 0 radical (unpaired) electrons. The van der Waals surface area contributed by atoms with Crippen LogP contribution in [0.1, 0.15) is 49.9 Å². The van der Waals surface area contributed by atoms with E-state index in [1.54, 1.807) is 0 Å². The van der Waals surface area contributed by atoms with Crippen molar-refractivity contribution in [3.8, 4) is 0 Å². The van der Waals surface area contributed by atoms with Gasteiger partial charge in [-0.25, -0.2) is 4.68 Å². The summed E-state index contributed by atoms with van der Waals surface area (Å²) in [7, 11) is 0. The van der Waals surface area contributed by atoms with Crippen molar-refractivity contribution in [2.24, 2.45) is 0 Å². The number of benzene rings is 1. The van der Waals surface area contributed by atoms with Crippen LogP contribution >= 0.6 is 0 Å². The fraction of sp³-hybridized carbons (Fsp3) is 0.467. The minimum Gasteiger partial charge on any atom is -0.381 e. The highest BCUT2D eigenvalue weighted by Crippen LogP contribution is 2.16. The van der Waals surface area contributed by atoms with Crippen LogP contribution in [0, 0.1) is 0 Å². The Morgan fingerprint density at radius 1 is 1.21 bits per heavy atom. The maximum Gasteiger partial charge on any atom is 0.169 e. The van der Waals surface area contributed by atoms with E-state index in [-0.39, 0.29) is 0 Å². The number of anilines is 1. The first kappa shape index (κ1) is 13.6. The van der Waals surface area contributed by atoms with Crippen LogP contribution in [-0.4, -0.2) is 15.0 Å². The predicted octanol–water partition coefficient (Wildman–Crippen LogP) is 2.98. The van der Waals surface area contributed by atoms with E-state index in [4.69, 9.17) is 5.73 Å². The summed E-state index contributed by atoms with van der Waals surface area (Å²) >= 11 is 0. The summed E-state index contributed by atoms with van der Waals surface area (Å²) in [5.41, 5.74) is 9.47. The van der Waals surface area contributed by atoms with Gasteiger partial charge in [0, 0.05) is 0 Å². The molecule has 0 amide bonds. The van der Waals surface area contributed by atoms with Gasteiger partial charge in [0.15, 0.2) is 5.82 Å². The number of hydrogen-bond acceptors (Lipinski definition) is 3. The van der Waals surface area contributed by atoms with Crippen molar-refractivity contribution >= 4 is 5.82 Å². The predicted molar refractivity (Wildman–Crippen MR) is 78.1 cm³/mol. The molecule has 4 heteroatoms. The van der Waals surface area contributed by atoms with Gasteiger partial charge in [0.1, 0.15) is 0 Å². The SMILES string of the molecule is CCCc1c(N)nnn1Cc1ccc(C(C)C)cc1. The molecule has 19 heavy (non-hydrogen) atoms. The second-order valence-corrected chi connectivity index (χ2v) is 5.23. The zero-order chi connectivity index (χ0) is 13.8. The van der Waals surface area contributed by atoms with Crippen molar-refractivity contribution < 1.29 is 0 Å². The Bertz CT molecular complexity index is 526. The molecule has 0 spiro atoms. The van der Waals surface area contributed by atoms with Crippen molar-refractivity contribution in [2.75, 3.05) is 5.73 Å². The van der Waals surface area contributed by atoms with Crippen LogP contribution in [0.5, 0.6) is 0 Å². The molecule has 4 nitrogen and oxygen atoms in total. The van der Waals surface area contributed by atoms with E-state index in [0.29, 0.717) is 11.7 Å². The molecular weight excluding hydrogens is 236 g/mol. The number of nitrogen functional groups attached to an aromatic ring is 1. The van der Waals surface area contributed by atoms with E-state index in [0.717, 1.165) is 25.1 Å². The van der Waals surface area contributed by atoms with Crippen LogP contribution in [0.3, 0.4) is 0 Å². The third kappa shape index (κ3) is 3.13. The van der Waals surface area contributed by atoms with Crippen LogP contribution in [0.25, 0.3) is 0 Å². The molecule has 0 saturated heterocycles. The lowest BCUT2D eigenvalue weighted by molar-refractivity contribution is 0.613. The summed E-state index contributed by atoms with van der Waals surface area (Å²) in [6.45, 7) is 7.27. The maximum absolute atomic E-state index is 5.85. The Morgan fingerprint density at radius 3 is 2.47 bits per heavy atom. The van der Waals surface area contributed by atoms with Gasteiger partial charge in [-0.15, -0.1) is 5.10 Å². The first-order valence-corrected chi connectivity index (χ1v) is 6.88. The number of rotatable bonds is 5. The number of nitrogens with two attached hydrogens (primary N) is 1. The highest BCUT2D eigenvalue weighted by atomic mass is 15.4. The van der Waals surface area contributed by atoms with Crippen molar-refractivity contribution in [2.45, 2.75) is 46.1 Å². The molecule has 0 fully saturated rings. The van der Waals surface area contributed by atoms with Crippen molar-refractivity contribution in [3.05, 3.63) is 41.1 Å². The molecular formula is C15H22N4. The molecule has 0 bridgehead atoms. The molecule has 0 atom stereocenters. The van der Waals surface area contributed by atoms with Crippen LogP contribution in [0.4, 0.5) is 5.82 Å². The molecule has 2 N–H and O–H groups in total. The molecule has 2 rings (SSSR count). The molecule has 0 aliphatic carbocycles. The molecule has 0 aliphatic heterocycles. The number of aromatic nitrogens is 3. The molecule has 1 heterocycles. The maximum atomic E-state index is 5.85. The van der Waals surface area contributed by atoms with Gasteiger partial charge in [-0.05, 0) is 23.5 Å². The van der Waals surface area contributed by atoms with Gasteiger partial charge >= 0.3 is 0 Å².